The molecule has 2 rings (SSSR count). The molecular weight excluding hydrogens is 204 g/mol. The molecule has 0 aliphatic heterocycles. The lowest BCUT2D eigenvalue weighted by molar-refractivity contribution is 1.25. The molecule has 2 nitrogen and oxygen atoms in total. The first kappa shape index (κ1) is 10.1. The topological polar surface area (TPSA) is 38.9 Å². The highest BCUT2D eigenvalue weighted by molar-refractivity contribution is 7.99. The van der Waals surface area contributed by atoms with Crippen LogP contribution in [0.4, 0.5) is 5.69 Å². The van der Waals surface area contributed by atoms with Crippen molar-refractivity contribution in [3.63, 3.8) is 0 Å². The number of anilines is 1. The second-order valence-electron chi connectivity index (χ2n) is 3.28. The maximum atomic E-state index is 5.84. The van der Waals surface area contributed by atoms with Gasteiger partial charge in [-0.3, -0.25) is 4.98 Å². The van der Waals surface area contributed by atoms with Crippen molar-refractivity contribution in [1.82, 2.24) is 4.98 Å². The fourth-order valence-corrected chi connectivity index (χ4v) is 2.19. The number of pyridine rings is 1. The van der Waals surface area contributed by atoms with Crippen molar-refractivity contribution in [2.24, 2.45) is 0 Å². The van der Waals surface area contributed by atoms with Gasteiger partial charge in [0.2, 0.25) is 0 Å². The zero-order chi connectivity index (χ0) is 10.7. The molecule has 2 aromatic rings. The Kier molecular flexibility index (Phi) is 2.92. The van der Waals surface area contributed by atoms with Gasteiger partial charge in [0, 0.05) is 16.0 Å². The molecule has 0 saturated heterocycles. The summed E-state index contributed by atoms with van der Waals surface area (Å²) in [5, 5.41) is 0. The third-order valence-electron chi connectivity index (χ3n) is 2.12. The summed E-state index contributed by atoms with van der Waals surface area (Å²) >= 11 is 1.68. The molecule has 0 atom stereocenters. The Labute approximate surface area is 93.5 Å². The largest absolute Gasteiger partial charge is 0.397 e. The molecule has 0 aliphatic rings. The van der Waals surface area contributed by atoms with E-state index >= 15 is 0 Å². The Morgan fingerprint density at radius 2 is 1.93 bits per heavy atom. The molecule has 1 aromatic carbocycles. The highest BCUT2D eigenvalue weighted by Gasteiger charge is 2.02. The monoisotopic (exact) mass is 216 g/mol. The molecule has 0 spiro atoms. The number of aryl methyl sites for hydroxylation is 1. The van der Waals surface area contributed by atoms with Crippen LogP contribution in [-0.4, -0.2) is 4.98 Å². The number of aromatic nitrogens is 1. The number of hydrogen-bond acceptors (Lipinski definition) is 3. The number of benzene rings is 1. The number of nitrogens with two attached hydrogens (primary N) is 1. The van der Waals surface area contributed by atoms with E-state index in [1.165, 1.54) is 10.5 Å². The fourth-order valence-electron chi connectivity index (χ4n) is 1.28. The zero-order valence-electron chi connectivity index (χ0n) is 8.47. The van der Waals surface area contributed by atoms with Crippen molar-refractivity contribution in [1.29, 1.82) is 0 Å². The first-order valence-corrected chi connectivity index (χ1v) is 5.52. The lowest BCUT2D eigenvalue weighted by atomic mass is 10.2. The Morgan fingerprint density at radius 1 is 1.13 bits per heavy atom. The molecule has 0 fully saturated rings. The van der Waals surface area contributed by atoms with Crippen LogP contribution in [0.5, 0.6) is 0 Å². The van der Waals surface area contributed by atoms with E-state index in [1.807, 2.05) is 18.2 Å². The van der Waals surface area contributed by atoms with Crippen LogP contribution in [0, 0.1) is 6.92 Å². The minimum atomic E-state index is 0.728. The van der Waals surface area contributed by atoms with E-state index in [9.17, 15) is 0 Å². The van der Waals surface area contributed by atoms with Crippen molar-refractivity contribution >= 4 is 17.4 Å². The summed E-state index contributed by atoms with van der Waals surface area (Å²) < 4.78 is 0. The second kappa shape index (κ2) is 4.36. The lowest BCUT2D eigenvalue weighted by Crippen LogP contribution is -1.89. The van der Waals surface area contributed by atoms with Gasteiger partial charge in [0.25, 0.3) is 0 Å². The second-order valence-corrected chi connectivity index (χ2v) is 4.36. The molecule has 1 heterocycles. The minimum Gasteiger partial charge on any atom is -0.397 e. The third-order valence-corrected chi connectivity index (χ3v) is 3.39. The van der Waals surface area contributed by atoms with Crippen LogP contribution in [0.15, 0.2) is 52.5 Å². The highest BCUT2D eigenvalue weighted by Crippen LogP contribution is 2.32. The number of nitrogens with zero attached hydrogens (tertiary/aromatic N) is 1. The van der Waals surface area contributed by atoms with Gasteiger partial charge in [0.15, 0.2) is 0 Å². The average molecular weight is 216 g/mol. The van der Waals surface area contributed by atoms with Gasteiger partial charge in [0.1, 0.15) is 0 Å². The minimum absolute atomic E-state index is 0.728. The van der Waals surface area contributed by atoms with Crippen LogP contribution in [0.3, 0.4) is 0 Å². The third kappa shape index (κ3) is 2.30. The maximum Gasteiger partial charge on any atom is 0.0642 e. The van der Waals surface area contributed by atoms with Gasteiger partial charge >= 0.3 is 0 Å². The van der Waals surface area contributed by atoms with Crippen LogP contribution in [0.1, 0.15) is 5.56 Å². The number of nitrogen functional groups attached to an aromatic ring is 1. The molecule has 76 valence electrons. The van der Waals surface area contributed by atoms with Crippen molar-refractivity contribution in [2.45, 2.75) is 16.7 Å². The SMILES string of the molecule is Cc1ccccc1Sc1ccncc1N. The normalized spacial score (nSPS) is 10.2. The summed E-state index contributed by atoms with van der Waals surface area (Å²) in [4.78, 5) is 6.26. The number of rotatable bonds is 2. The quantitative estimate of drug-likeness (QED) is 0.838. The van der Waals surface area contributed by atoms with Crippen LogP contribution in [0.2, 0.25) is 0 Å². The predicted octanol–water partition coefficient (Wildman–Crippen LogP) is 3.12. The van der Waals surface area contributed by atoms with Crippen molar-refractivity contribution < 1.29 is 0 Å². The predicted molar refractivity (Wildman–Crippen MR) is 64.0 cm³/mol. The van der Waals surface area contributed by atoms with Crippen molar-refractivity contribution in [3.05, 3.63) is 48.3 Å². The summed E-state index contributed by atoms with van der Waals surface area (Å²) in [5.74, 6) is 0. The first-order chi connectivity index (χ1) is 7.27. The maximum absolute atomic E-state index is 5.84. The van der Waals surface area contributed by atoms with Gasteiger partial charge in [0.05, 0.1) is 11.9 Å². The van der Waals surface area contributed by atoms with Gasteiger partial charge in [-0.15, -0.1) is 0 Å². The molecule has 0 unspecified atom stereocenters. The lowest BCUT2D eigenvalue weighted by Gasteiger charge is -2.06. The van der Waals surface area contributed by atoms with E-state index in [4.69, 9.17) is 5.73 Å². The van der Waals surface area contributed by atoms with Crippen LogP contribution in [0.25, 0.3) is 0 Å². The standard InChI is InChI=1S/C12H12N2S/c1-9-4-2-3-5-11(9)15-12-6-7-14-8-10(12)13/h2-8H,13H2,1H3. The molecule has 0 aliphatic carbocycles. The number of hydrogen-bond donors (Lipinski definition) is 1. The summed E-state index contributed by atoms with van der Waals surface area (Å²) in [6.07, 6.45) is 3.44. The fraction of sp³-hybridized carbons (Fsp3) is 0.0833. The smallest absolute Gasteiger partial charge is 0.0642 e. The first-order valence-electron chi connectivity index (χ1n) is 4.70. The molecule has 0 saturated carbocycles. The summed E-state index contributed by atoms with van der Waals surface area (Å²) in [6.45, 7) is 2.10. The van der Waals surface area contributed by atoms with Gasteiger partial charge in [-0.1, -0.05) is 30.0 Å². The molecule has 2 N–H and O–H groups in total. The van der Waals surface area contributed by atoms with E-state index in [2.05, 4.69) is 24.0 Å². The zero-order valence-corrected chi connectivity index (χ0v) is 9.29. The van der Waals surface area contributed by atoms with E-state index in [-0.39, 0.29) is 0 Å². The van der Waals surface area contributed by atoms with Crippen LogP contribution in [-0.2, 0) is 0 Å². The molecule has 0 bridgehead atoms. The van der Waals surface area contributed by atoms with Gasteiger partial charge in [-0.05, 0) is 24.6 Å². The van der Waals surface area contributed by atoms with Crippen LogP contribution < -0.4 is 5.73 Å². The molecule has 0 amide bonds. The van der Waals surface area contributed by atoms with E-state index < -0.39 is 0 Å². The van der Waals surface area contributed by atoms with Gasteiger partial charge in [-0.25, -0.2) is 0 Å². The van der Waals surface area contributed by atoms with Crippen molar-refractivity contribution in [2.75, 3.05) is 5.73 Å². The molecular formula is C12H12N2S. The van der Waals surface area contributed by atoms with Gasteiger partial charge < -0.3 is 5.73 Å². The Bertz CT molecular complexity index is 425. The molecule has 3 heteroatoms. The van der Waals surface area contributed by atoms with E-state index in [1.54, 1.807) is 24.2 Å². The van der Waals surface area contributed by atoms with Crippen LogP contribution >= 0.6 is 11.8 Å². The van der Waals surface area contributed by atoms with E-state index in [0.717, 1.165) is 10.6 Å². The average Bonchev–Trinajstić information content (AvgIpc) is 2.24. The summed E-state index contributed by atoms with van der Waals surface area (Å²) in [6, 6.07) is 10.2. The van der Waals surface area contributed by atoms with E-state index in [0.29, 0.717) is 0 Å². The van der Waals surface area contributed by atoms with Crippen molar-refractivity contribution in [3.8, 4) is 0 Å². The molecule has 0 radical (unpaired) electrons. The molecule has 15 heavy (non-hydrogen) atoms. The summed E-state index contributed by atoms with van der Waals surface area (Å²) in [7, 11) is 0. The summed E-state index contributed by atoms with van der Waals surface area (Å²) in [5.41, 5.74) is 7.83. The molecule has 1 aromatic heterocycles. The van der Waals surface area contributed by atoms with Gasteiger partial charge in [-0.2, -0.15) is 0 Å². The highest BCUT2D eigenvalue weighted by atomic mass is 32.2. The Morgan fingerprint density at radius 3 is 2.67 bits per heavy atom. The Hall–Kier alpha value is -1.48. The Balaban J connectivity index is 2.30.